The van der Waals surface area contributed by atoms with Gasteiger partial charge in [-0.05, 0) is 25.2 Å². The summed E-state index contributed by atoms with van der Waals surface area (Å²) in [4.78, 5) is 7.61. The molecular weight excluding hydrogens is 250 g/mol. The summed E-state index contributed by atoms with van der Waals surface area (Å²) < 4.78 is 5.13. The minimum absolute atomic E-state index is 0.598. The van der Waals surface area contributed by atoms with E-state index < -0.39 is 0 Å². The van der Waals surface area contributed by atoms with Crippen LogP contribution in [-0.4, -0.2) is 30.7 Å². The van der Waals surface area contributed by atoms with Crippen molar-refractivity contribution in [1.82, 2.24) is 15.3 Å². The van der Waals surface area contributed by atoms with Crippen molar-refractivity contribution in [3.05, 3.63) is 35.2 Å². The number of hydrogen-bond donors (Lipinski definition) is 2. The first-order valence-electron chi connectivity index (χ1n) is 5.77. The first-order chi connectivity index (χ1) is 8.74. The third-order valence-electron chi connectivity index (χ3n) is 2.70. The average molecular weight is 266 g/mol. The molecule has 0 aliphatic rings. The molecule has 5 heteroatoms. The summed E-state index contributed by atoms with van der Waals surface area (Å²) in [6, 6.07) is 5.68. The lowest BCUT2D eigenvalue weighted by molar-refractivity contribution is 0.415. The summed E-state index contributed by atoms with van der Waals surface area (Å²) in [7, 11) is 3.53. The largest absolute Gasteiger partial charge is 0.495 e. The number of aromatic nitrogens is 2. The Morgan fingerprint density at radius 3 is 2.94 bits per heavy atom. The molecule has 0 fully saturated rings. The number of methoxy groups -OCH3 is 1. The fraction of sp³-hybridized carbons (Fsp3) is 0.308. The molecular formula is C13H16ClN3O. The maximum absolute atomic E-state index is 6.10. The SMILES string of the molecule is CNCCc1ncc(-c2ccc(OC)c(Cl)c2)[nH]1. The number of aromatic amines is 1. The molecule has 2 N–H and O–H groups in total. The molecule has 2 rings (SSSR count). The number of imidazole rings is 1. The minimum atomic E-state index is 0.598. The van der Waals surface area contributed by atoms with Gasteiger partial charge in [-0.1, -0.05) is 11.6 Å². The van der Waals surface area contributed by atoms with Crippen LogP contribution in [0, 0.1) is 0 Å². The fourth-order valence-electron chi connectivity index (χ4n) is 1.71. The van der Waals surface area contributed by atoms with E-state index >= 15 is 0 Å². The molecule has 0 aliphatic carbocycles. The first kappa shape index (κ1) is 12.9. The fourth-order valence-corrected chi connectivity index (χ4v) is 1.97. The normalized spacial score (nSPS) is 10.6. The highest BCUT2D eigenvalue weighted by molar-refractivity contribution is 6.32. The van der Waals surface area contributed by atoms with E-state index in [0.29, 0.717) is 10.8 Å². The Morgan fingerprint density at radius 1 is 1.44 bits per heavy atom. The van der Waals surface area contributed by atoms with E-state index in [1.807, 2.05) is 31.4 Å². The lowest BCUT2D eigenvalue weighted by Crippen LogP contribution is -2.10. The van der Waals surface area contributed by atoms with Gasteiger partial charge in [-0.15, -0.1) is 0 Å². The van der Waals surface area contributed by atoms with Gasteiger partial charge in [-0.25, -0.2) is 4.98 Å². The van der Waals surface area contributed by atoms with Crippen LogP contribution < -0.4 is 10.1 Å². The summed E-state index contributed by atoms with van der Waals surface area (Å²) >= 11 is 6.10. The van der Waals surface area contributed by atoms with Gasteiger partial charge in [-0.2, -0.15) is 0 Å². The number of benzene rings is 1. The lowest BCUT2D eigenvalue weighted by Gasteiger charge is -2.04. The van der Waals surface area contributed by atoms with Crippen molar-refractivity contribution in [2.75, 3.05) is 20.7 Å². The molecule has 1 aromatic carbocycles. The van der Waals surface area contributed by atoms with Crippen molar-refractivity contribution in [1.29, 1.82) is 0 Å². The monoisotopic (exact) mass is 265 g/mol. The second-order valence-corrected chi connectivity index (χ2v) is 4.35. The molecule has 1 aromatic heterocycles. The third kappa shape index (κ3) is 2.83. The zero-order valence-electron chi connectivity index (χ0n) is 10.5. The van der Waals surface area contributed by atoms with Gasteiger partial charge in [-0.3, -0.25) is 0 Å². The quantitative estimate of drug-likeness (QED) is 0.873. The molecule has 0 bridgehead atoms. The Morgan fingerprint density at radius 2 is 2.28 bits per heavy atom. The molecule has 0 unspecified atom stereocenters. The number of ether oxygens (including phenoxy) is 1. The van der Waals surface area contributed by atoms with Crippen molar-refractivity contribution in [2.24, 2.45) is 0 Å². The standard InChI is InChI=1S/C13H16ClN3O/c1-15-6-5-13-16-8-11(17-13)9-3-4-12(18-2)10(14)7-9/h3-4,7-8,15H,5-6H2,1-2H3,(H,16,17). The highest BCUT2D eigenvalue weighted by atomic mass is 35.5. The predicted molar refractivity (Wildman–Crippen MR) is 73.2 cm³/mol. The molecule has 1 heterocycles. The zero-order valence-corrected chi connectivity index (χ0v) is 11.2. The number of nitrogens with one attached hydrogen (secondary N) is 2. The molecule has 0 atom stereocenters. The summed E-state index contributed by atoms with van der Waals surface area (Å²) in [6.45, 7) is 0.899. The Kier molecular flexibility index (Phi) is 4.23. The van der Waals surface area contributed by atoms with E-state index in [1.54, 1.807) is 7.11 Å². The van der Waals surface area contributed by atoms with E-state index in [-0.39, 0.29) is 0 Å². The highest BCUT2D eigenvalue weighted by Gasteiger charge is 2.06. The van der Waals surface area contributed by atoms with Gasteiger partial charge in [0.15, 0.2) is 0 Å². The van der Waals surface area contributed by atoms with Gasteiger partial charge in [0.05, 0.1) is 24.0 Å². The number of halogens is 1. The Labute approximate surface area is 111 Å². The molecule has 4 nitrogen and oxygen atoms in total. The summed E-state index contributed by atoms with van der Waals surface area (Å²) in [5.41, 5.74) is 1.97. The molecule has 0 radical (unpaired) electrons. The van der Waals surface area contributed by atoms with E-state index in [2.05, 4.69) is 15.3 Å². The van der Waals surface area contributed by atoms with Crippen molar-refractivity contribution in [3.8, 4) is 17.0 Å². The van der Waals surface area contributed by atoms with Gasteiger partial charge < -0.3 is 15.0 Å². The second-order valence-electron chi connectivity index (χ2n) is 3.95. The van der Waals surface area contributed by atoms with Crippen LogP contribution in [0.2, 0.25) is 5.02 Å². The summed E-state index contributed by atoms with van der Waals surface area (Å²) in [5.74, 6) is 1.64. The maximum Gasteiger partial charge on any atom is 0.137 e. The van der Waals surface area contributed by atoms with Crippen LogP contribution in [0.1, 0.15) is 5.82 Å². The molecule has 0 spiro atoms. The van der Waals surface area contributed by atoms with E-state index in [1.165, 1.54) is 0 Å². The maximum atomic E-state index is 6.10. The Bertz CT molecular complexity index is 525. The van der Waals surface area contributed by atoms with Crippen LogP contribution in [0.15, 0.2) is 24.4 Å². The Hall–Kier alpha value is -1.52. The molecule has 0 aliphatic heterocycles. The predicted octanol–water partition coefficient (Wildman–Crippen LogP) is 2.50. The highest BCUT2D eigenvalue weighted by Crippen LogP contribution is 2.29. The molecule has 2 aromatic rings. The Balaban J connectivity index is 2.20. The smallest absolute Gasteiger partial charge is 0.137 e. The molecule has 18 heavy (non-hydrogen) atoms. The third-order valence-corrected chi connectivity index (χ3v) is 3.00. The van der Waals surface area contributed by atoms with Crippen molar-refractivity contribution in [3.63, 3.8) is 0 Å². The van der Waals surface area contributed by atoms with Gasteiger partial charge >= 0.3 is 0 Å². The molecule has 0 saturated carbocycles. The van der Waals surface area contributed by atoms with E-state index in [0.717, 1.165) is 30.0 Å². The number of nitrogens with zero attached hydrogens (tertiary/aromatic N) is 1. The van der Waals surface area contributed by atoms with Crippen LogP contribution in [0.4, 0.5) is 0 Å². The van der Waals surface area contributed by atoms with E-state index in [9.17, 15) is 0 Å². The van der Waals surface area contributed by atoms with Crippen molar-refractivity contribution >= 4 is 11.6 Å². The van der Waals surface area contributed by atoms with Crippen LogP contribution in [-0.2, 0) is 6.42 Å². The van der Waals surface area contributed by atoms with Crippen molar-refractivity contribution < 1.29 is 4.74 Å². The molecule has 96 valence electrons. The number of hydrogen-bond acceptors (Lipinski definition) is 3. The second kappa shape index (κ2) is 5.89. The van der Waals surface area contributed by atoms with Crippen LogP contribution >= 0.6 is 11.6 Å². The van der Waals surface area contributed by atoms with Crippen LogP contribution in [0.25, 0.3) is 11.3 Å². The number of rotatable bonds is 5. The molecule has 0 saturated heterocycles. The van der Waals surface area contributed by atoms with E-state index in [4.69, 9.17) is 16.3 Å². The van der Waals surface area contributed by atoms with Gasteiger partial charge in [0.1, 0.15) is 11.6 Å². The van der Waals surface area contributed by atoms with Crippen LogP contribution in [0.5, 0.6) is 5.75 Å². The van der Waals surface area contributed by atoms with Gasteiger partial charge in [0.25, 0.3) is 0 Å². The molecule has 0 amide bonds. The number of H-pyrrole nitrogens is 1. The minimum Gasteiger partial charge on any atom is -0.495 e. The lowest BCUT2D eigenvalue weighted by atomic mass is 10.1. The number of likely N-dealkylation sites (N-methyl/N-ethyl adjacent to an activating group) is 1. The first-order valence-corrected chi connectivity index (χ1v) is 6.14. The topological polar surface area (TPSA) is 49.9 Å². The average Bonchev–Trinajstić information content (AvgIpc) is 2.85. The van der Waals surface area contributed by atoms with Gasteiger partial charge in [0, 0.05) is 18.5 Å². The van der Waals surface area contributed by atoms with Gasteiger partial charge in [0.2, 0.25) is 0 Å². The summed E-state index contributed by atoms with van der Waals surface area (Å²) in [6.07, 6.45) is 2.70. The van der Waals surface area contributed by atoms with Crippen molar-refractivity contribution in [2.45, 2.75) is 6.42 Å². The zero-order chi connectivity index (χ0) is 13.0. The summed E-state index contributed by atoms with van der Waals surface area (Å²) in [5, 5.41) is 3.69. The van der Waals surface area contributed by atoms with Crippen LogP contribution in [0.3, 0.4) is 0 Å².